The van der Waals surface area contributed by atoms with E-state index >= 15 is 0 Å². The fourth-order valence-corrected chi connectivity index (χ4v) is 2.80. The number of hydrogen-bond acceptors (Lipinski definition) is 6. The molecule has 2 fully saturated rings. The summed E-state index contributed by atoms with van der Waals surface area (Å²) in [4.78, 5) is 0. The number of rotatable bonds is 5. The molecule has 22 heavy (non-hydrogen) atoms. The maximum atomic E-state index is 10.2. The van der Waals surface area contributed by atoms with E-state index in [9.17, 15) is 10.2 Å². The molecule has 2 aliphatic rings. The molecule has 2 heterocycles. The van der Waals surface area contributed by atoms with Gasteiger partial charge in [0.15, 0.2) is 12.1 Å². The lowest BCUT2D eigenvalue weighted by atomic mass is 10.1. The van der Waals surface area contributed by atoms with E-state index in [0.717, 1.165) is 5.56 Å². The van der Waals surface area contributed by atoms with Crippen molar-refractivity contribution in [1.29, 1.82) is 0 Å². The first-order chi connectivity index (χ1) is 10.5. The number of hydrogen-bond donors (Lipinski definition) is 2. The van der Waals surface area contributed by atoms with E-state index < -0.39 is 36.5 Å². The molecule has 6 heteroatoms. The van der Waals surface area contributed by atoms with Gasteiger partial charge in [-0.3, -0.25) is 0 Å². The maximum Gasteiger partial charge on any atom is 0.190 e. The Hall–Kier alpha value is -1.02. The fraction of sp³-hybridized carbons (Fsp3) is 0.625. The molecule has 0 aromatic heterocycles. The molecule has 1 unspecified atom stereocenters. The highest BCUT2D eigenvalue weighted by atomic mass is 16.8. The third-order valence-electron chi connectivity index (χ3n) is 3.83. The zero-order valence-electron chi connectivity index (χ0n) is 12.7. The highest BCUT2D eigenvalue weighted by Gasteiger charge is 2.55. The van der Waals surface area contributed by atoms with Crippen molar-refractivity contribution in [2.24, 2.45) is 0 Å². The molecule has 1 aromatic rings. The van der Waals surface area contributed by atoms with Crippen LogP contribution in [-0.2, 0) is 25.6 Å². The average Bonchev–Trinajstić information content (AvgIpc) is 2.94. The topological polar surface area (TPSA) is 77.4 Å². The summed E-state index contributed by atoms with van der Waals surface area (Å²) in [6.07, 6.45) is -3.90. The molecule has 0 bridgehead atoms. The van der Waals surface area contributed by atoms with Crippen LogP contribution in [-0.4, -0.2) is 53.3 Å². The number of aliphatic hydroxyl groups is 2. The lowest BCUT2D eigenvalue weighted by Gasteiger charge is -2.25. The molecule has 2 N–H and O–H groups in total. The Morgan fingerprint density at radius 1 is 1.23 bits per heavy atom. The highest BCUT2D eigenvalue weighted by Crippen LogP contribution is 2.38. The second-order valence-electron chi connectivity index (χ2n) is 6.13. The minimum atomic E-state index is -0.945. The number of ether oxygens (including phenoxy) is 4. The van der Waals surface area contributed by atoms with Crippen molar-refractivity contribution in [3.05, 3.63) is 35.9 Å². The van der Waals surface area contributed by atoms with Gasteiger partial charge in [0, 0.05) is 0 Å². The van der Waals surface area contributed by atoms with Crippen LogP contribution in [0.4, 0.5) is 0 Å². The Balaban J connectivity index is 1.48. The van der Waals surface area contributed by atoms with Crippen LogP contribution in [0.2, 0.25) is 0 Å². The number of aliphatic hydroxyl groups excluding tert-OH is 2. The summed E-state index contributed by atoms with van der Waals surface area (Å²) < 4.78 is 22.2. The zero-order valence-corrected chi connectivity index (χ0v) is 12.7. The molecule has 1 aromatic carbocycles. The molecular formula is C16H22O6. The molecule has 2 saturated heterocycles. The van der Waals surface area contributed by atoms with Crippen LogP contribution in [0.5, 0.6) is 0 Å². The van der Waals surface area contributed by atoms with Crippen molar-refractivity contribution in [3.8, 4) is 0 Å². The summed E-state index contributed by atoms with van der Waals surface area (Å²) in [5, 5.41) is 20.4. The summed E-state index contributed by atoms with van der Waals surface area (Å²) in [5.41, 5.74) is 1.02. The van der Waals surface area contributed by atoms with Gasteiger partial charge in [-0.05, 0) is 19.4 Å². The summed E-state index contributed by atoms with van der Waals surface area (Å²) in [7, 11) is 0. The SMILES string of the molecule is CC1(C)O[C@H]2O[C@H](C(O)COCc3ccccc3)[C@@H](O)[C@H]2O1. The molecular weight excluding hydrogens is 288 g/mol. The molecule has 2 aliphatic heterocycles. The Morgan fingerprint density at radius 2 is 1.95 bits per heavy atom. The van der Waals surface area contributed by atoms with Gasteiger partial charge >= 0.3 is 0 Å². The first kappa shape index (κ1) is 15.9. The van der Waals surface area contributed by atoms with E-state index in [1.54, 1.807) is 13.8 Å². The molecule has 0 aliphatic carbocycles. The fourth-order valence-electron chi connectivity index (χ4n) is 2.80. The van der Waals surface area contributed by atoms with Crippen LogP contribution in [0.1, 0.15) is 19.4 Å². The monoisotopic (exact) mass is 310 g/mol. The van der Waals surface area contributed by atoms with Gasteiger partial charge in [0.05, 0.1) is 13.2 Å². The minimum Gasteiger partial charge on any atom is -0.388 e. The van der Waals surface area contributed by atoms with Gasteiger partial charge in [-0.1, -0.05) is 30.3 Å². The average molecular weight is 310 g/mol. The van der Waals surface area contributed by atoms with Gasteiger partial charge in [-0.2, -0.15) is 0 Å². The van der Waals surface area contributed by atoms with Crippen molar-refractivity contribution < 1.29 is 29.2 Å². The van der Waals surface area contributed by atoms with Crippen LogP contribution in [0.25, 0.3) is 0 Å². The van der Waals surface area contributed by atoms with Crippen LogP contribution in [0.3, 0.4) is 0 Å². The van der Waals surface area contributed by atoms with E-state index in [1.807, 2.05) is 30.3 Å². The lowest BCUT2D eigenvalue weighted by Crippen LogP contribution is -2.42. The summed E-state index contributed by atoms with van der Waals surface area (Å²) in [6, 6.07) is 9.68. The largest absolute Gasteiger partial charge is 0.388 e. The van der Waals surface area contributed by atoms with Gasteiger partial charge in [-0.15, -0.1) is 0 Å². The van der Waals surface area contributed by atoms with Crippen LogP contribution in [0.15, 0.2) is 30.3 Å². The second kappa shape index (κ2) is 6.23. The van der Waals surface area contributed by atoms with Gasteiger partial charge < -0.3 is 29.2 Å². The molecule has 0 radical (unpaired) electrons. The van der Waals surface area contributed by atoms with Gasteiger partial charge in [-0.25, -0.2) is 0 Å². The number of benzene rings is 1. The van der Waals surface area contributed by atoms with E-state index in [1.165, 1.54) is 0 Å². The van der Waals surface area contributed by atoms with Gasteiger partial charge in [0.2, 0.25) is 0 Å². The third-order valence-corrected chi connectivity index (χ3v) is 3.83. The number of fused-ring (bicyclic) bond motifs is 1. The predicted octanol–water partition coefficient (Wildman–Crippen LogP) is 0.801. The molecule has 0 spiro atoms. The Labute approximate surface area is 129 Å². The van der Waals surface area contributed by atoms with E-state index in [2.05, 4.69) is 0 Å². The van der Waals surface area contributed by atoms with Crippen LogP contribution >= 0.6 is 0 Å². The Bertz CT molecular complexity index is 491. The second-order valence-corrected chi connectivity index (χ2v) is 6.13. The third kappa shape index (κ3) is 3.32. The van der Waals surface area contributed by atoms with Crippen molar-refractivity contribution in [2.75, 3.05) is 6.61 Å². The van der Waals surface area contributed by atoms with E-state index in [4.69, 9.17) is 18.9 Å². The van der Waals surface area contributed by atoms with Crippen molar-refractivity contribution >= 4 is 0 Å². The highest BCUT2D eigenvalue weighted by molar-refractivity contribution is 5.13. The summed E-state index contributed by atoms with van der Waals surface area (Å²) >= 11 is 0. The minimum absolute atomic E-state index is 0.0689. The summed E-state index contributed by atoms with van der Waals surface area (Å²) in [6.45, 7) is 3.98. The smallest absolute Gasteiger partial charge is 0.190 e. The van der Waals surface area contributed by atoms with E-state index in [0.29, 0.717) is 6.61 Å². The zero-order chi connectivity index (χ0) is 15.7. The predicted molar refractivity (Wildman–Crippen MR) is 76.8 cm³/mol. The standard InChI is InChI=1S/C16H22O6/c1-16(2)21-14-12(18)13(20-15(14)22-16)11(17)9-19-8-10-6-4-3-5-7-10/h3-7,11-15,17-18H,8-9H2,1-2H3/t11?,12-,13-,14-,15-/m1/s1. The molecule has 0 saturated carbocycles. The van der Waals surface area contributed by atoms with Crippen molar-refractivity contribution in [1.82, 2.24) is 0 Å². The molecule has 0 amide bonds. The quantitative estimate of drug-likeness (QED) is 0.838. The molecule has 122 valence electrons. The summed E-state index contributed by atoms with van der Waals surface area (Å²) in [5.74, 6) is -0.782. The molecule has 6 nitrogen and oxygen atoms in total. The maximum absolute atomic E-state index is 10.2. The van der Waals surface area contributed by atoms with Crippen LogP contribution < -0.4 is 0 Å². The molecule has 3 rings (SSSR count). The first-order valence-electron chi connectivity index (χ1n) is 7.45. The van der Waals surface area contributed by atoms with Crippen molar-refractivity contribution in [2.45, 2.75) is 56.9 Å². The van der Waals surface area contributed by atoms with Gasteiger partial charge in [0.1, 0.15) is 24.4 Å². The lowest BCUT2D eigenvalue weighted by molar-refractivity contribution is -0.228. The Morgan fingerprint density at radius 3 is 2.64 bits per heavy atom. The first-order valence-corrected chi connectivity index (χ1v) is 7.45. The van der Waals surface area contributed by atoms with Crippen LogP contribution in [0, 0.1) is 0 Å². The van der Waals surface area contributed by atoms with Gasteiger partial charge in [0.25, 0.3) is 0 Å². The Kier molecular flexibility index (Phi) is 4.49. The normalized spacial score (nSPS) is 34.5. The molecule has 5 atom stereocenters. The van der Waals surface area contributed by atoms with E-state index in [-0.39, 0.29) is 6.61 Å². The van der Waals surface area contributed by atoms with Crippen molar-refractivity contribution in [3.63, 3.8) is 0 Å².